The average molecular weight is 128 g/mol. The van der Waals surface area contributed by atoms with Crippen molar-refractivity contribution in [3.05, 3.63) is 11.4 Å². The number of hydrogen-bond acceptors (Lipinski definition) is 2. The van der Waals surface area contributed by atoms with Gasteiger partial charge < -0.3 is 4.85 Å². The third-order valence-corrected chi connectivity index (χ3v) is 0.839. The molecule has 0 atom stereocenters. The molecule has 0 aliphatic heterocycles. The maximum atomic E-state index is 10.6. The second kappa shape index (κ2) is 3.87. The van der Waals surface area contributed by atoms with Crippen LogP contribution >= 0.6 is 0 Å². The molecule has 50 valence electrons. The predicted octanol–water partition coefficient (Wildman–Crippen LogP) is -0.0745. The highest BCUT2D eigenvalue weighted by molar-refractivity contribution is 5.78. The van der Waals surface area contributed by atoms with Gasteiger partial charge >= 0.3 is 5.91 Å². The van der Waals surface area contributed by atoms with Crippen LogP contribution in [0.15, 0.2) is 0 Å². The van der Waals surface area contributed by atoms with Crippen molar-refractivity contribution in [3.8, 4) is 0 Å². The Morgan fingerprint density at radius 2 is 2.44 bits per heavy atom. The summed E-state index contributed by atoms with van der Waals surface area (Å²) in [6.45, 7) is 6.17. The van der Waals surface area contributed by atoms with Crippen LogP contribution in [0.1, 0.15) is 0 Å². The Morgan fingerprint density at radius 1 is 1.89 bits per heavy atom. The molecule has 0 N–H and O–H groups in total. The van der Waals surface area contributed by atoms with Gasteiger partial charge in [-0.25, -0.2) is 11.6 Å². The first-order valence-corrected chi connectivity index (χ1v) is 2.36. The molecule has 0 bridgehead atoms. The summed E-state index contributed by atoms with van der Waals surface area (Å²) in [5.41, 5.74) is 0. The first-order valence-electron chi connectivity index (χ1n) is 2.36. The number of likely N-dealkylation sites (N-methyl/N-ethyl adjacent to an activating group) is 1. The van der Waals surface area contributed by atoms with Gasteiger partial charge in [-0.2, -0.15) is 0 Å². The van der Waals surface area contributed by atoms with Gasteiger partial charge in [0.05, 0.1) is 7.11 Å². The van der Waals surface area contributed by atoms with Gasteiger partial charge in [-0.15, -0.1) is 0 Å². The maximum absolute atomic E-state index is 10.6. The Bertz CT molecular complexity index is 138. The Balaban J connectivity index is 3.62. The normalized spacial score (nSPS) is 8.11. The molecular formula is C5H8N2O2. The molecule has 9 heavy (non-hydrogen) atoms. The summed E-state index contributed by atoms with van der Waals surface area (Å²) in [6, 6.07) is 0. The van der Waals surface area contributed by atoms with E-state index in [0.717, 1.165) is 5.06 Å². The van der Waals surface area contributed by atoms with Crippen LogP contribution in [-0.2, 0) is 9.63 Å². The largest absolute Gasteiger partial charge is 0.325 e. The molecule has 0 unspecified atom stereocenters. The van der Waals surface area contributed by atoms with Gasteiger partial charge in [-0.1, -0.05) is 0 Å². The smallest absolute Gasteiger partial charge is 0.306 e. The van der Waals surface area contributed by atoms with Gasteiger partial charge in [0.15, 0.2) is 0 Å². The number of carbonyl (C=O) groups is 1. The highest BCUT2D eigenvalue weighted by Gasteiger charge is 2.08. The van der Waals surface area contributed by atoms with E-state index in [1.807, 2.05) is 0 Å². The highest BCUT2D eigenvalue weighted by Crippen LogP contribution is 1.83. The number of carbonyl (C=O) groups excluding carboxylic acids is 1. The number of nitrogens with zero attached hydrogens (tertiary/aromatic N) is 2. The number of rotatable bonds is 2. The van der Waals surface area contributed by atoms with Crippen LogP contribution in [-0.4, -0.2) is 31.7 Å². The summed E-state index contributed by atoms with van der Waals surface area (Å²) < 4.78 is 0. The van der Waals surface area contributed by atoms with Crippen LogP contribution in [0.5, 0.6) is 0 Å². The molecule has 4 heteroatoms. The third kappa shape index (κ3) is 2.67. The molecule has 0 fully saturated rings. The van der Waals surface area contributed by atoms with E-state index in [2.05, 4.69) is 9.68 Å². The van der Waals surface area contributed by atoms with Crippen LogP contribution < -0.4 is 0 Å². The van der Waals surface area contributed by atoms with Gasteiger partial charge in [-0.05, 0) is 0 Å². The molecule has 1 amide bonds. The Hall–Kier alpha value is -1.08. The second-order valence-corrected chi connectivity index (χ2v) is 1.39. The van der Waals surface area contributed by atoms with E-state index in [4.69, 9.17) is 6.57 Å². The molecule has 0 heterocycles. The molecule has 4 nitrogen and oxygen atoms in total. The SMILES string of the molecule is [C-]#[N+]CC(=O)N(C)OC. The lowest BCUT2D eigenvalue weighted by atomic mass is 10.6. The number of hydroxylamine groups is 2. The highest BCUT2D eigenvalue weighted by atomic mass is 16.7. The minimum atomic E-state index is -0.326. The van der Waals surface area contributed by atoms with Gasteiger partial charge in [0.1, 0.15) is 0 Å². The number of amides is 1. The van der Waals surface area contributed by atoms with Gasteiger partial charge in [0, 0.05) is 7.05 Å². The van der Waals surface area contributed by atoms with Crippen molar-refractivity contribution in [2.24, 2.45) is 0 Å². The molecule has 0 aromatic rings. The van der Waals surface area contributed by atoms with E-state index >= 15 is 0 Å². The Kier molecular flexibility index (Phi) is 3.40. The molecule has 0 aromatic heterocycles. The zero-order valence-electron chi connectivity index (χ0n) is 5.42. The number of hydrogen-bond donors (Lipinski definition) is 0. The van der Waals surface area contributed by atoms with E-state index in [-0.39, 0.29) is 12.5 Å². The fourth-order valence-corrected chi connectivity index (χ4v) is 0.269. The van der Waals surface area contributed by atoms with Crippen molar-refractivity contribution >= 4 is 5.91 Å². The fraction of sp³-hybridized carbons (Fsp3) is 0.600. The topological polar surface area (TPSA) is 33.9 Å². The predicted molar refractivity (Wildman–Crippen MR) is 31.2 cm³/mol. The molecule has 0 aliphatic rings. The molecule has 0 aliphatic carbocycles. The molecule has 0 saturated carbocycles. The zero-order valence-corrected chi connectivity index (χ0v) is 5.42. The van der Waals surface area contributed by atoms with Crippen LogP contribution in [0.4, 0.5) is 0 Å². The molecular weight excluding hydrogens is 120 g/mol. The summed E-state index contributed by atoms with van der Waals surface area (Å²) >= 11 is 0. The lowest BCUT2D eigenvalue weighted by Crippen LogP contribution is -2.26. The molecule has 0 aromatic carbocycles. The summed E-state index contributed by atoms with van der Waals surface area (Å²) in [5.74, 6) is -0.326. The minimum absolute atomic E-state index is 0.148. The maximum Gasteiger partial charge on any atom is 0.325 e. The van der Waals surface area contributed by atoms with Crippen LogP contribution in [0, 0.1) is 6.57 Å². The van der Waals surface area contributed by atoms with E-state index in [1.165, 1.54) is 14.2 Å². The van der Waals surface area contributed by atoms with E-state index in [1.54, 1.807) is 0 Å². The lowest BCUT2D eigenvalue weighted by molar-refractivity contribution is -0.166. The summed E-state index contributed by atoms with van der Waals surface area (Å²) in [5, 5.41) is 1.03. The zero-order chi connectivity index (χ0) is 7.28. The summed E-state index contributed by atoms with van der Waals surface area (Å²) in [6.07, 6.45) is 0. The average Bonchev–Trinajstić information content (AvgIpc) is 1.87. The van der Waals surface area contributed by atoms with Gasteiger partial charge in [-0.3, -0.25) is 9.63 Å². The van der Waals surface area contributed by atoms with E-state index in [0.29, 0.717) is 0 Å². The Labute approximate surface area is 53.8 Å². The first-order chi connectivity index (χ1) is 4.22. The monoisotopic (exact) mass is 128 g/mol. The molecule has 0 radical (unpaired) electrons. The first kappa shape index (κ1) is 7.92. The van der Waals surface area contributed by atoms with Crippen molar-refractivity contribution < 1.29 is 9.63 Å². The lowest BCUT2D eigenvalue weighted by Gasteiger charge is -2.08. The Morgan fingerprint density at radius 3 is 2.78 bits per heavy atom. The van der Waals surface area contributed by atoms with Crippen molar-refractivity contribution in [1.29, 1.82) is 0 Å². The fourth-order valence-electron chi connectivity index (χ4n) is 0.269. The third-order valence-electron chi connectivity index (χ3n) is 0.839. The van der Waals surface area contributed by atoms with Crippen LogP contribution in [0.3, 0.4) is 0 Å². The van der Waals surface area contributed by atoms with E-state index in [9.17, 15) is 4.79 Å². The van der Waals surface area contributed by atoms with Gasteiger partial charge in [0.25, 0.3) is 6.54 Å². The molecule has 0 spiro atoms. The van der Waals surface area contributed by atoms with Crippen LogP contribution in [0.2, 0.25) is 0 Å². The van der Waals surface area contributed by atoms with Crippen molar-refractivity contribution in [2.75, 3.05) is 20.7 Å². The standard InChI is InChI=1S/C5H8N2O2/c1-6-4-5(8)7(2)9-3/h4H2,2-3H3. The van der Waals surface area contributed by atoms with Crippen LogP contribution in [0.25, 0.3) is 4.85 Å². The van der Waals surface area contributed by atoms with Crippen molar-refractivity contribution in [2.45, 2.75) is 0 Å². The summed E-state index contributed by atoms with van der Waals surface area (Å²) in [4.78, 5) is 17.9. The quantitative estimate of drug-likeness (QED) is 0.385. The van der Waals surface area contributed by atoms with Crippen molar-refractivity contribution in [1.82, 2.24) is 5.06 Å². The molecule has 0 saturated heterocycles. The van der Waals surface area contributed by atoms with Gasteiger partial charge in [0.2, 0.25) is 0 Å². The van der Waals surface area contributed by atoms with Crippen molar-refractivity contribution in [3.63, 3.8) is 0 Å². The minimum Gasteiger partial charge on any atom is -0.306 e. The second-order valence-electron chi connectivity index (χ2n) is 1.39. The molecule has 0 rings (SSSR count). The summed E-state index contributed by atoms with van der Waals surface area (Å²) in [7, 11) is 2.84. The van der Waals surface area contributed by atoms with E-state index < -0.39 is 0 Å².